The van der Waals surface area contributed by atoms with E-state index in [1.54, 1.807) is 12.1 Å². The molecule has 0 saturated heterocycles. The summed E-state index contributed by atoms with van der Waals surface area (Å²) in [5.41, 5.74) is 2.13. The molecule has 136 valence electrons. The van der Waals surface area contributed by atoms with Crippen LogP contribution in [0.3, 0.4) is 0 Å². The first-order valence-corrected chi connectivity index (χ1v) is 9.09. The van der Waals surface area contributed by atoms with E-state index in [0.29, 0.717) is 21.9 Å². The molecule has 2 aromatic carbocycles. The van der Waals surface area contributed by atoms with Crippen LogP contribution in [0.15, 0.2) is 46.9 Å². The Hall–Kier alpha value is -2.61. The van der Waals surface area contributed by atoms with E-state index < -0.39 is 4.92 Å². The zero-order chi connectivity index (χ0) is 18.7. The van der Waals surface area contributed by atoms with E-state index >= 15 is 0 Å². The zero-order valence-electron chi connectivity index (χ0n) is 14.2. The van der Waals surface area contributed by atoms with Gasteiger partial charge in [0.15, 0.2) is 0 Å². The van der Waals surface area contributed by atoms with Gasteiger partial charge in [0, 0.05) is 28.3 Å². The van der Waals surface area contributed by atoms with Crippen molar-refractivity contribution in [3.63, 3.8) is 0 Å². The van der Waals surface area contributed by atoms with Gasteiger partial charge in [-0.2, -0.15) is 0 Å². The molecule has 1 unspecified atom stereocenters. The number of anilines is 2. The normalized spacial score (nSPS) is 14.4. The van der Waals surface area contributed by atoms with Crippen molar-refractivity contribution in [2.75, 3.05) is 10.6 Å². The summed E-state index contributed by atoms with van der Waals surface area (Å²) >= 11 is 3.25. The fraction of sp³-hybridized carbons (Fsp3) is 0.278. The van der Waals surface area contributed by atoms with Crippen LogP contribution in [-0.4, -0.2) is 17.0 Å². The molecule has 0 aromatic heterocycles. The Morgan fingerprint density at radius 1 is 1.23 bits per heavy atom. The highest BCUT2D eigenvalue weighted by atomic mass is 79.9. The number of nitrogens with one attached hydrogen (secondary N) is 3. The summed E-state index contributed by atoms with van der Waals surface area (Å²) in [7, 11) is 0. The molecule has 2 amide bonds. The third kappa shape index (κ3) is 4.72. The van der Waals surface area contributed by atoms with Crippen LogP contribution in [-0.2, 0) is 0 Å². The highest BCUT2D eigenvalue weighted by Gasteiger charge is 2.23. The van der Waals surface area contributed by atoms with Crippen LogP contribution in [0.5, 0.6) is 0 Å². The van der Waals surface area contributed by atoms with Gasteiger partial charge in [-0.3, -0.25) is 10.1 Å². The summed E-state index contributed by atoms with van der Waals surface area (Å²) in [6.45, 7) is 1.92. The summed E-state index contributed by atoms with van der Waals surface area (Å²) in [5, 5.41) is 20.0. The molecule has 2 aromatic rings. The summed E-state index contributed by atoms with van der Waals surface area (Å²) < 4.78 is 0.655. The molecule has 1 aliphatic rings. The van der Waals surface area contributed by atoms with Gasteiger partial charge in [0.25, 0.3) is 5.69 Å². The van der Waals surface area contributed by atoms with Gasteiger partial charge < -0.3 is 16.0 Å². The van der Waals surface area contributed by atoms with Crippen molar-refractivity contribution >= 4 is 39.0 Å². The summed E-state index contributed by atoms with van der Waals surface area (Å²) in [4.78, 5) is 22.6. The van der Waals surface area contributed by atoms with Gasteiger partial charge in [0.2, 0.25) is 0 Å². The van der Waals surface area contributed by atoms with Crippen LogP contribution in [0.25, 0.3) is 0 Å². The van der Waals surface area contributed by atoms with Crippen molar-refractivity contribution in [3.05, 3.63) is 62.6 Å². The van der Waals surface area contributed by atoms with Gasteiger partial charge in [-0.15, -0.1) is 0 Å². The van der Waals surface area contributed by atoms with Gasteiger partial charge in [-0.05, 0) is 49.6 Å². The van der Waals surface area contributed by atoms with E-state index in [1.165, 1.54) is 6.07 Å². The van der Waals surface area contributed by atoms with E-state index in [9.17, 15) is 14.9 Å². The number of urea groups is 1. The molecule has 7 nitrogen and oxygen atoms in total. The Bertz CT molecular complexity index is 822. The number of rotatable bonds is 6. The number of amides is 2. The van der Waals surface area contributed by atoms with Gasteiger partial charge in [0.1, 0.15) is 5.69 Å². The monoisotopic (exact) mass is 418 g/mol. The Morgan fingerprint density at radius 2 is 1.92 bits per heavy atom. The molecule has 26 heavy (non-hydrogen) atoms. The molecule has 3 rings (SSSR count). The smallest absolute Gasteiger partial charge is 0.319 e. The molecule has 1 fully saturated rings. The third-order valence-corrected chi connectivity index (χ3v) is 4.60. The van der Waals surface area contributed by atoms with Crippen LogP contribution in [0.4, 0.5) is 21.9 Å². The van der Waals surface area contributed by atoms with Gasteiger partial charge in [-0.1, -0.05) is 28.1 Å². The predicted octanol–water partition coefficient (Wildman–Crippen LogP) is 4.81. The van der Waals surface area contributed by atoms with Crippen molar-refractivity contribution in [2.24, 2.45) is 0 Å². The topological polar surface area (TPSA) is 96.3 Å². The molecular weight excluding hydrogens is 400 g/mol. The largest absolute Gasteiger partial charge is 0.373 e. The van der Waals surface area contributed by atoms with Crippen LogP contribution < -0.4 is 16.0 Å². The number of carbonyl (C=O) groups excluding carboxylic acids is 1. The minimum atomic E-state index is -0.411. The Kier molecular flexibility index (Phi) is 5.41. The highest BCUT2D eigenvalue weighted by molar-refractivity contribution is 9.10. The van der Waals surface area contributed by atoms with Crippen LogP contribution in [0.1, 0.15) is 31.4 Å². The van der Waals surface area contributed by atoms with Crippen LogP contribution >= 0.6 is 15.9 Å². The molecule has 1 aliphatic carbocycles. The van der Waals surface area contributed by atoms with Gasteiger partial charge in [-0.25, -0.2) is 4.79 Å². The lowest BCUT2D eigenvalue weighted by molar-refractivity contribution is -0.384. The fourth-order valence-corrected chi connectivity index (χ4v) is 2.88. The van der Waals surface area contributed by atoms with Crippen molar-refractivity contribution in [3.8, 4) is 0 Å². The lowest BCUT2D eigenvalue weighted by atomic mass is 10.1. The van der Waals surface area contributed by atoms with E-state index in [4.69, 9.17) is 0 Å². The minimum absolute atomic E-state index is 0.0151. The number of nitro benzene ring substituents is 1. The van der Waals surface area contributed by atoms with E-state index in [0.717, 1.165) is 18.4 Å². The Balaban J connectivity index is 1.65. The van der Waals surface area contributed by atoms with Crippen LogP contribution in [0.2, 0.25) is 0 Å². The number of halogens is 1. The molecular formula is C18H19BrN4O3. The van der Waals surface area contributed by atoms with Crippen molar-refractivity contribution in [1.82, 2.24) is 5.32 Å². The predicted molar refractivity (Wildman–Crippen MR) is 104 cm³/mol. The molecule has 0 spiro atoms. The molecule has 1 atom stereocenters. The molecule has 1 saturated carbocycles. The van der Waals surface area contributed by atoms with Crippen LogP contribution in [0, 0.1) is 10.1 Å². The second-order valence-electron chi connectivity index (χ2n) is 6.28. The first-order chi connectivity index (χ1) is 12.4. The molecule has 0 radical (unpaired) electrons. The van der Waals surface area contributed by atoms with Gasteiger partial charge >= 0.3 is 6.03 Å². The maximum absolute atomic E-state index is 11.7. The average Bonchev–Trinajstić information content (AvgIpc) is 3.40. The Morgan fingerprint density at radius 3 is 2.54 bits per heavy atom. The molecule has 8 heteroatoms. The summed E-state index contributed by atoms with van der Waals surface area (Å²) in [6.07, 6.45) is 2.08. The number of carbonyl (C=O) groups is 1. The maximum atomic E-state index is 11.7. The second-order valence-corrected chi connectivity index (χ2v) is 7.20. The van der Waals surface area contributed by atoms with Crippen molar-refractivity contribution in [1.29, 1.82) is 0 Å². The van der Waals surface area contributed by atoms with Gasteiger partial charge in [0.05, 0.1) is 4.92 Å². The minimum Gasteiger partial charge on any atom is -0.373 e. The Labute approximate surface area is 159 Å². The number of nitrogens with zero attached hydrogens (tertiary/aromatic N) is 1. The quantitative estimate of drug-likeness (QED) is 0.462. The standard InChI is InChI=1S/C18H19BrN4O3/c1-11(20-16-9-4-13(19)10-17(16)23(25)26)12-2-5-14(6-3-12)21-18(24)22-15-7-8-15/h2-6,9-11,15,20H,7-8H2,1H3,(H2,21,22,24). The lowest BCUT2D eigenvalue weighted by Crippen LogP contribution is -2.30. The number of hydrogen-bond acceptors (Lipinski definition) is 4. The zero-order valence-corrected chi connectivity index (χ0v) is 15.7. The van der Waals surface area contributed by atoms with E-state index in [-0.39, 0.29) is 17.8 Å². The number of hydrogen-bond donors (Lipinski definition) is 3. The molecule has 0 bridgehead atoms. The number of nitro groups is 1. The highest BCUT2D eigenvalue weighted by Crippen LogP contribution is 2.31. The summed E-state index contributed by atoms with van der Waals surface area (Å²) in [6, 6.07) is 12.3. The molecule has 0 aliphatic heterocycles. The SMILES string of the molecule is CC(Nc1ccc(Br)cc1[N+](=O)[O-])c1ccc(NC(=O)NC2CC2)cc1. The van der Waals surface area contributed by atoms with E-state index in [1.807, 2.05) is 31.2 Å². The molecule has 3 N–H and O–H groups in total. The third-order valence-electron chi connectivity index (χ3n) is 4.11. The second kappa shape index (κ2) is 7.74. The first-order valence-electron chi connectivity index (χ1n) is 8.30. The average molecular weight is 419 g/mol. The lowest BCUT2D eigenvalue weighted by Gasteiger charge is -2.16. The van der Waals surface area contributed by atoms with E-state index in [2.05, 4.69) is 31.9 Å². The van der Waals surface area contributed by atoms with Crippen molar-refractivity contribution < 1.29 is 9.72 Å². The first kappa shape index (κ1) is 18.2. The number of benzene rings is 2. The summed E-state index contributed by atoms with van der Waals surface area (Å²) in [5.74, 6) is 0. The maximum Gasteiger partial charge on any atom is 0.319 e. The van der Waals surface area contributed by atoms with Crippen molar-refractivity contribution in [2.45, 2.75) is 31.8 Å². The fourth-order valence-electron chi connectivity index (χ4n) is 2.53. The molecule has 0 heterocycles.